The predicted octanol–water partition coefficient (Wildman–Crippen LogP) is 0.693. The summed E-state index contributed by atoms with van der Waals surface area (Å²) in [5.74, 6) is 0.962. The van der Waals surface area contributed by atoms with E-state index in [1.807, 2.05) is 0 Å². The second kappa shape index (κ2) is 3.62. The van der Waals surface area contributed by atoms with Gasteiger partial charge in [-0.2, -0.15) is 0 Å². The zero-order chi connectivity index (χ0) is 8.55. The highest BCUT2D eigenvalue weighted by atomic mass is 35.7. The Balaban J connectivity index is 1.86. The highest BCUT2D eigenvalue weighted by molar-refractivity contribution is 8.08. The van der Waals surface area contributed by atoms with Crippen LogP contribution in [-0.2, 0) is 19.5 Å². The second-order valence-corrected chi connectivity index (χ2v) is 5.23. The van der Waals surface area contributed by atoms with Gasteiger partial charge in [0.15, 0.2) is 0 Å². The molecule has 0 aromatic rings. The average Bonchev–Trinajstić information content (AvgIpc) is 2.43. The molecule has 5 heteroatoms. The minimum Gasteiger partial charge on any atom is -0.378 e. The SMILES string of the molecule is O=S(Cl)C[C@H]1C[C@@H]2COC[C@H]2O1. The molecule has 0 N–H and O–H groups in total. The van der Waals surface area contributed by atoms with Crippen LogP contribution in [0.3, 0.4) is 0 Å². The van der Waals surface area contributed by atoms with E-state index in [1.165, 1.54) is 0 Å². The van der Waals surface area contributed by atoms with Crippen LogP contribution in [0, 0.1) is 5.92 Å². The average molecular weight is 211 g/mol. The lowest BCUT2D eigenvalue weighted by atomic mass is 10.0. The molecule has 0 aromatic heterocycles. The third-order valence-corrected chi connectivity index (χ3v) is 3.40. The summed E-state index contributed by atoms with van der Waals surface area (Å²) in [6, 6.07) is 0. The normalized spacial score (nSPS) is 42.9. The zero-order valence-electron chi connectivity index (χ0n) is 6.57. The summed E-state index contributed by atoms with van der Waals surface area (Å²) in [7, 11) is 4.12. The van der Waals surface area contributed by atoms with E-state index in [0.29, 0.717) is 18.3 Å². The first kappa shape index (κ1) is 8.94. The molecule has 0 aromatic carbocycles. The summed E-state index contributed by atoms with van der Waals surface area (Å²) in [6.07, 6.45) is 1.26. The summed E-state index contributed by atoms with van der Waals surface area (Å²) in [5, 5.41) is 0. The molecular weight excluding hydrogens is 200 g/mol. The van der Waals surface area contributed by atoms with E-state index in [1.54, 1.807) is 0 Å². The molecule has 0 aliphatic carbocycles. The first-order chi connectivity index (χ1) is 5.75. The van der Waals surface area contributed by atoms with Crippen LogP contribution in [0.4, 0.5) is 0 Å². The molecule has 2 aliphatic heterocycles. The van der Waals surface area contributed by atoms with Gasteiger partial charge < -0.3 is 9.47 Å². The number of ether oxygens (including phenoxy) is 2. The lowest BCUT2D eigenvalue weighted by molar-refractivity contribution is 0.0304. The van der Waals surface area contributed by atoms with Gasteiger partial charge in [0, 0.05) is 5.92 Å². The number of halogens is 1. The largest absolute Gasteiger partial charge is 0.378 e. The van der Waals surface area contributed by atoms with E-state index in [4.69, 9.17) is 20.2 Å². The van der Waals surface area contributed by atoms with Gasteiger partial charge in [0.1, 0.15) is 10.0 Å². The Labute approximate surface area is 78.3 Å². The molecule has 70 valence electrons. The van der Waals surface area contributed by atoms with Crippen molar-refractivity contribution in [3.63, 3.8) is 0 Å². The number of hydrogen-bond donors (Lipinski definition) is 0. The third-order valence-electron chi connectivity index (χ3n) is 2.39. The van der Waals surface area contributed by atoms with E-state index < -0.39 is 10.0 Å². The fourth-order valence-corrected chi connectivity index (χ4v) is 2.77. The van der Waals surface area contributed by atoms with E-state index in [9.17, 15) is 4.21 Å². The van der Waals surface area contributed by atoms with Crippen molar-refractivity contribution in [3.8, 4) is 0 Å². The van der Waals surface area contributed by atoms with E-state index in [0.717, 1.165) is 13.0 Å². The summed E-state index contributed by atoms with van der Waals surface area (Å²) in [5.41, 5.74) is 0. The van der Waals surface area contributed by atoms with Crippen molar-refractivity contribution in [2.24, 2.45) is 5.92 Å². The molecular formula is C7H11ClO3S. The molecule has 4 atom stereocenters. The van der Waals surface area contributed by atoms with Crippen molar-refractivity contribution in [2.75, 3.05) is 19.0 Å². The van der Waals surface area contributed by atoms with Crippen LogP contribution < -0.4 is 0 Å². The smallest absolute Gasteiger partial charge is 0.117 e. The minimum absolute atomic E-state index is 0.0854. The Hall–Kier alpha value is 0.360. The Morgan fingerprint density at radius 1 is 1.50 bits per heavy atom. The highest BCUT2D eigenvalue weighted by Crippen LogP contribution is 2.31. The molecule has 1 unspecified atom stereocenters. The first-order valence-corrected chi connectivity index (χ1v) is 6.18. The Morgan fingerprint density at radius 3 is 3.00 bits per heavy atom. The molecule has 2 fully saturated rings. The van der Waals surface area contributed by atoms with E-state index in [-0.39, 0.29) is 12.2 Å². The van der Waals surface area contributed by atoms with Crippen LogP contribution >= 0.6 is 10.7 Å². The summed E-state index contributed by atoms with van der Waals surface area (Å²) < 4.78 is 21.5. The molecule has 12 heavy (non-hydrogen) atoms. The topological polar surface area (TPSA) is 35.5 Å². The maximum atomic E-state index is 10.7. The van der Waals surface area contributed by atoms with Gasteiger partial charge in [-0.1, -0.05) is 0 Å². The van der Waals surface area contributed by atoms with Crippen molar-refractivity contribution < 1.29 is 13.7 Å². The molecule has 2 heterocycles. The van der Waals surface area contributed by atoms with Gasteiger partial charge in [0.25, 0.3) is 0 Å². The fraction of sp³-hybridized carbons (Fsp3) is 1.00. The molecule has 0 saturated carbocycles. The van der Waals surface area contributed by atoms with Crippen LogP contribution in [0.15, 0.2) is 0 Å². The molecule has 0 radical (unpaired) electrons. The van der Waals surface area contributed by atoms with Crippen molar-refractivity contribution in [2.45, 2.75) is 18.6 Å². The summed E-state index contributed by atoms with van der Waals surface area (Å²) in [6.45, 7) is 1.48. The maximum Gasteiger partial charge on any atom is 0.117 e. The van der Waals surface area contributed by atoms with Crippen LogP contribution in [0.2, 0.25) is 0 Å². The molecule has 2 rings (SSSR count). The van der Waals surface area contributed by atoms with Gasteiger partial charge in [-0.3, -0.25) is 0 Å². The maximum absolute atomic E-state index is 10.7. The van der Waals surface area contributed by atoms with E-state index >= 15 is 0 Å². The summed E-state index contributed by atoms with van der Waals surface area (Å²) >= 11 is 0. The van der Waals surface area contributed by atoms with Crippen LogP contribution in [0.1, 0.15) is 6.42 Å². The van der Waals surface area contributed by atoms with Gasteiger partial charge in [-0.15, -0.1) is 0 Å². The van der Waals surface area contributed by atoms with Gasteiger partial charge in [-0.25, -0.2) is 4.21 Å². The highest BCUT2D eigenvalue weighted by Gasteiger charge is 2.39. The first-order valence-electron chi connectivity index (χ1n) is 4.03. The Kier molecular flexibility index (Phi) is 2.69. The van der Waals surface area contributed by atoms with Crippen LogP contribution in [-0.4, -0.2) is 35.4 Å². The van der Waals surface area contributed by atoms with E-state index in [2.05, 4.69) is 0 Å². The van der Waals surface area contributed by atoms with Crippen LogP contribution in [0.25, 0.3) is 0 Å². The quantitative estimate of drug-likeness (QED) is 0.630. The third kappa shape index (κ3) is 1.82. The van der Waals surface area contributed by atoms with Crippen molar-refractivity contribution >= 4 is 20.7 Å². The lowest BCUT2D eigenvalue weighted by Gasteiger charge is -2.08. The second-order valence-electron chi connectivity index (χ2n) is 3.29. The molecule has 0 spiro atoms. The minimum atomic E-state index is -1.26. The van der Waals surface area contributed by atoms with Gasteiger partial charge in [0.2, 0.25) is 0 Å². The Morgan fingerprint density at radius 2 is 2.33 bits per heavy atom. The molecule has 0 bridgehead atoms. The molecule has 3 nitrogen and oxygen atoms in total. The zero-order valence-corrected chi connectivity index (χ0v) is 8.14. The van der Waals surface area contributed by atoms with Crippen molar-refractivity contribution in [1.82, 2.24) is 0 Å². The number of hydrogen-bond acceptors (Lipinski definition) is 3. The van der Waals surface area contributed by atoms with Gasteiger partial charge in [0.05, 0.1) is 31.2 Å². The summed E-state index contributed by atoms with van der Waals surface area (Å²) in [4.78, 5) is 0. The standard InChI is InChI=1S/C7H11ClO3S/c8-12(9)4-6-1-5-2-10-3-7(5)11-6/h5-7H,1-4H2/t5-,6-,7-,12?/m1/s1. The Bertz CT molecular complexity index is 187. The van der Waals surface area contributed by atoms with Gasteiger partial charge >= 0.3 is 0 Å². The van der Waals surface area contributed by atoms with Crippen molar-refractivity contribution in [1.29, 1.82) is 0 Å². The monoisotopic (exact) mass is 210 g/mol. The lowest BCUT2D eigenvalue weighted by Crippen LogP contribution is -2.17. The number of rotatable bonds is 2. The molecule has 2 aliphatic rings. The fourth-order valence-electron chi connectivity index (χ4n) is 1.84. The molecule has 0 amide bonds. The van der Waals surface area contributed by atoms with Gasteiger partial charge in [-0.05, 0) is 17.1 Å². The predicted molar refractivity (Wildman–Crippen MR) is 46.4 cm³/mol. The number of fused-ring (bicyclic) bond motifs is 1. The van der Waals surface area contributed by atoms with Crippen molar-refractivity contribution in [3.05, 3.63) is 0 Å². The van der Waals surface area contributed by atoms with Crippen LogP contribution in [0.5, 0.6) is 0 Å². The molecule has 2 saturated heterocycles.